The fourth-order valence-electron chi connectivity index (χ4n) is 1.85. The summed E-state index contributed by atoms with van der Waals surface area (Å²) in [6.07, 6.45) is 0. The smallest absolute Gasteiger partial charge is 0.230 e. The minimum Gasteiger partial charge on any atom is -0.388 e. The second-order valence-electron chi connectivity index (χ2n) is 4.21. The second kappa shape index (κ2) is 5.55. The highest BCUT2D eigenvalue weighted by atomic mass is 28.2. The van der Waals surface area contributed by atoms with Crippen molar-refractivity contribution < 1.29 is 0 Å². The van der Waals surface area contributed by atoms with E-state index in [1.165, 1.54) is 11.4 Å². The van der Waals surface area contributed by atoms with Gasteiger partial charge in [0.15, 0.2) is 0 Å². The highest BCUT2D eigenvalue weighted by molar-refractivity contribution is 6.46. The number of nitrogens with zero attached hydrogens (tertiary/aromatic N) is 2. The average molecular weight is 242 g/mol. The molecule has 0 unspecified atom stereocenters. The Balaban J connectivity index is 2.02. The summed E-state index contributed by atoms with van der Waals surface area (Å²) in [5.41, 5.74) is 2.59. The minimum absolute atomic E-state index is 0.470. The van der Waals surface area contributed by atoms with Crippen molar-refractivity contribution in [1.29, 1.82) is 0 Å². The molecule has 0 saturated heterocycles. The summed E-state index contributed by atoms with van der Waals surface area (Å²) >= 11 is 0. The quantitative estimate of drug-likeness (QED) is 0.759. The largest absolute Gasteiger partial charge is 0.388 e. The molecule has 2 aromatic carbocycles. The third-order valence-corrected chi connectivity index (χ3v) is 4.40. The van der Waals surface area contributed by atoms with Crippen LogP contribution in [0.5, 0.6) is 0 Å². The first kappa shape index (κ1) is 11.7. The summed E-state index contributed by atoms with van der Waals surface area (Å²) in [4.78, 5) is 0. The number of hydrogen-bond donors (Lipinski definition) is 0. The van der Waals surface area contributed by atoms with Crippen LogP contribution < -0.4 is 9.13 Å². The van der Waals surface area contributed by atoms with Gasteiger partial charge in [-0.3, -0.25) is 0 Å². The van der Waals surface area contributed by atoms with Crippen LogP contribution in [-0.4, -0.2) is 23.9 Å². The predicted octanol–water partition coefficient (Wildman–Crippen LogP) is 2.26. The van der Waals surface area contributed by atoms with Crippen LogP contribution in [0.25, 0.3) is 0 Å². The van der Waals surface area contributed by atoms with Crippen molar-refractivity contribution in [3.05, 3.63) is 60.7 Å². The molecule has 0 aliphatic carbocycles. The number of benzene rings is 2. The van der Waals surface area contributed by atoms with Crippen molar-refractivity contribution >= 4 is 21.2 Å². The van der Waals surface area contributed by atoms with Gasteiger partial charge in [0.05, 0.1) is 0 Å². The Bertz CT molecular complexity index is 401. The molecule has 2 rings (SSSR count). The summed E-state index contributed by atoms with van der Waals surface area (Å²) in [6, 6.07) is 21.1. The van der Waals surface area contributed by atoms with Crippen molar-refractivity contribution in [1.82, 2.24) is 0 Å². The van der Waals surface area contributed by atoms with E-state index < -0.39 is 9.84 Å². The van der Waals surface area contributed by atoms with E-state index in [1.807, 2.05) is 0 Å². The van der Waals surface area contributed by atoms with E-state index in [0.717, 1.165) is 0 Å². The van der Waals surface area contributed by atoms with Crippen molar-refractivity contribution in [3.63, 3.8) is 0 Å². The van der Waals surface area contributed by atoms with Gasteiger partial charge < -0.3 is 9.13 Å². The van der Waals surface area contributed by atoms with Gasteiger partial charge in [-0.25, -0.2) is 0 Å². The monoisotopic (exact) mass is 242 g/mol. The van der Waals surface area contributed by atoms with E-state index in [1.54, 1.807) is 0 Å². The van der Waals surface area contributed by atoms with E-state index in [-0.39, 0.29) is 0 Å². The van der Waals surface area contributed by atoms with Gasteiger partial charge in [0, 0.05) is 11.4 Å². The lowest BCUT2D eigenvalue weighted by atomic mass is 10.3. The SMILES string of the molecule is CN([SiH2]N(C)c1ccccc1)c1ccccc1. The normalized spacial score (nSPS) is 10.0. The lowest BCUT2D eigenvalue weighted by molar-refractivity contribution is 1.23. The summed E-state index contributed by atoms with van der Waals surface area (Å²) < 4.78 is 4.74. The van der Waals surface area contributed by atoms with Crippen LogP contribution in [0.4, 0.5) is 11.4 Å². The van der Waals surface area contributed by atoms with Crippen LogP contribution in [0.3, 0.4) is 0 Å². The summed E-state index contributed by atoms with van der Waals surface area (Å²) in [5, 5.41) is 0. The average Bonchev–Trinajstić information content (AvgIpc) is 2.40. The molecule has 0 amide bonds. The third-order valence-electron chi connectivity index (χ3n) is 2.82. The molecular weight excluding hydrogens is 224 g/mol. The Morgan fingerprint density at radius 3 is 1.35 bits per heavy atom. The van der Waals surface area contributed by atoms with Crippen molar-refractivity contribution in [2.24, 2.45) is 0 Å². The highest BCUT2D eigenvalue weighted by Crippen LogP contribution is 2.14. The molecule has 3 heteroatoms. The first-order chi connectivity index (χ1) is 8.27. The van der Waals surface area contributed by atoms with Crippen LogP contribution in [0, 0.1) is 0 Å². The lowest BCUT2D eigenvalue weighted by Gasteiger charge is -2.27. The molecule has 0 aromatic heterocycles. The van der Waals surface area contributed by atoms with Gasteiger partial charge in [-0.05, 0) is 38.4 Å². The van der Waals surface area contributed by atoms with E-state index in [2.05, 4.69) is 83.9 Å². The van der Waals surface area contributed by atoms with E-state index >= 15 is 0 Å². The molecule has 0 atom stereocenters. The van der Waals surface area contributed by atoms with Gasteiger partial charge in [-0.2, -0.15) is 0 Å². The number of para-hydroxylation sites is 2. The van der Waals surface area contributed by atoms with Gasteiger partial charge >= 0.3 is 0 Å². The molecule has 0 aliphatic rings. The lowest BCUT2D eigenvalue weighted by Crippen LogP contribution is -2.37. The molecule has 0 N–H and O–H groups in total. The Labute approximate surface area is 105 Å². The first-order valence-electron chi connectivity index (χ1n) is 5.80. The molecule has 2 nitrogen and oxygen atoms in total. The van der Waals surface area contributed by atoms with Crippen LogP contribution in [0.15, 0.2) is 60.7 Å². The predicted molar refractivity (Wildman–Crippen MR) is 78.2 cm³/mol. The molecule has 0 saturated carbocycles. The van der Waals surface area contributed by atoms with Crippen LogP contribution >= 0.6 is 0 Å². The molecule has 17 heavy (non-hydrogen) atoms. The second-order valence-corrected chi connectivity index (χ2v) is 6.39. The zero-order valence-electron chi connectivity index (χ0n) is 10.4. The van der Waals surface area contributed by atoms with Crippen molar-refractivity contribution in [2.75, 3.05) is 23.2 Å². The van der Waals surface area contributed by atoms with Gasteiger partial charge in [0.25, 0.3) is 0 Å². The van der Waals surface area contributed by atoms with E-state index in [0.29, 0.717) is 0 Å². The fraction of sp³-hybridized carbons (Fsp3) is 0.143. The van der Waals surface area contributed by atoms with Crippen LogP contribution in [-0.2, 0) is 0 Å². The fourth-order valence-corrected chi connectivity index (χ4v) is 3.23. The summed E-state index contributed by atoms with van der Waals surface area (Å²) in [7, 11) is 3.87. The maximum Gasteiger partial charge on any atom is 0.230 e. The maximum absolute atomic E-state index is 2.37. The van der Waals surface area contributed by atoms with E-state index in [9.17, 15) is 0 Å². The third kappa shape index (κ3) is 3.11. The van der Waals surface area contributed by atoms with Gasteiger partial charge in [-0.1, -0.05) is 36.4 Å². The molecule has 0 spiro atoms. The first-order valence-corrected chi connectivity index (χ1v) is 7.06. The Morgan fingerprint density at radius 1 is 0.647 bits per heavy atom. The van der Waals surface area contributed by atoms with Crippen LogP contribution in [0.1, 0.15) is 0 Å². The summed E-state index contributed by atoms with van der Waals surface area (Å²) in [5.74, 6) is 0. The van der Waals surface area contributed by atoms with Gasteiger partial charge in [-0.15, -0.1) is 0 Å². The highest BCUT2D eigenvalue weighted by Gasteiger charge is 2.05. The maximum atomic E-state index is 2.37. The Morgan fingerprint density at radius 2 is 1.00 bits per heavy atom. The number of anilines is 2. The molecule has 0 aliphatic heterocycles. The molecule has 0 fully saturated rings. The molecule has 0 bridgehead atoms. The van der Waals surface area contributed by atoms with Crippen molar-refractivity contribution in [2.45, 2.75) is 0 Å². The van der Waals surface area contributed by atoms with Gasteiger partial charge in [0.2, 0.25) is 9.84 Å². The summed E-state index contributed by atoms with van der Waals surface area (Å²) in [6.45, 7) is 0. The minimum atomic E-state index is -0.470. The number of hydrogen-bond acceptors (Lipinski definition) is 2. The Hall–Kier alpha value is -1.74. The van der Waals surface area contributed by atoms with E-state index in [4.69, 9.17) is 0 Å². The Kier molecular flexibility index (Phi) is 3.83. The molecule has 2 aromatic rings. The zero-order valence-corrected chi connectivity index (χ0v) is 11.8. The van der Waals surface area contributed by atoms with Gasteiger partial charge in [0.1, 0.15) is 0 Å². The molecule has 0 radical (unpaired) electrons. The van der Waals surface area contributed by atoms with Crippen LogP contribution in [0.2, 0.25) is 0 Å². The molecule has 88 valence electrons. The molecular formula is C14H18N2Si. The zero-order chi connectivity index (χ0) is 12.1. The van der Waals surface area contributed by atoms with Crippen molar-refractivity contribution in [3.8, 4) is 0 Å². The topological polar surface area (TPSA) is 6.48 Å². The standard InChI is InChI=1S/C14H18N2Si/c1-15(13-9-5-3-6-10-13)17-16(2)14-11-7-4-8-12-14/h3-12H,17H2,1-2H3. The molecule has 0 heterocycles. The number of rotatable bonds is 4.